The molecule has 0 N–H and O–H groups in total. The molecule has 2 aliphatic rings. The molecule has 2 amide bonds. The first-order valence-electron chi connectivity index (χ1n) is 9.64. The number of piperidine rings is 1. The number of rotatable bonds is 5. The highest BCUT2D eigenvalue weighted by Crippen LogP contribution is 2.28. The zero-order chi connectivity index (χ0) is 19.2. The average Bonchev–Trinajstić information content (AvgIpc) is 2.73. The standard InChI is InChI=1S/C20H29N3O4/c1-26-17-7-6-16(14-18(17)27-2)20(25)23-12-10-21(11-13-23)15-19(24)22-8-4-3-5-9-22/h6-7,14H,3-5,8-13,15H2,1-2H3. The molecule has 0 spiro atoms. The summed E-state index contributed by atoms with van der Waals surface area (Å²) >= 11 is 0. The lowest BCUT2D eigenvalue weighted by Gasteiger charge is -2.36. The summed E-state index contributed by atoms with van der Waals surface area (Å²) in [6.45, 7) is 4.92. The molecular weight excluding hydrogens is 346 g/mol. The Morgan fingerprint density at radius 1 is 0.852 bits per heavy atom. The molecule has 0 aromatic heterocycles. The molecule has 0 bridgehead atoms. The Balaban J connectivity index is 1.52. The van der Waals surface area contributed by atoms with Crippen LogP contribution < -0.4 is 9.47 Å². The second kappa shape index (κ2) is 9.08. The molecule has 0 unspecified atom stereocenters. The van der Waals surface area contributed by atoms with Gasteiger partial charge in [-0.25, -0.2) is 0 Å². The van der Waals surface area contributed by atoms with Crippen LogP contribution in [-0.2, 0) is 4.79 Å². The Morgan fingerprint density at radius 2 is 1.52 bits per heavy atom. The van der Waals surface area contributed by atoms with Gasteiger partial charge in [-0.2, -0.15) is 0 Å². The smallest absolute Gasteiger partial charge is 0.254 e. The van der Waals surface area contributed by atoms with Crippen molar-refractivity contribution in [3.05, 3.63) is 23.8 Å². The maximum atomic E-state index is 12.8. The number of methoxy groups -OCH3 is 2. The van der Waals surface area contributed by atoms with E-state index in [0.29, 0.717) is 36.7 Å². The average molecular weight is 375 g/mol. The summed E-state index contributed by atoms with van der Waals surface area (Å²) in [5.74, 6) is 1.36. The SMILES string of the molecule is COc1ccc(C(=O)N2CCN(CC(=O)N3CCCCC3)CC2)cc1OC. The predicted octanol–water partition coefficient (Wildman–Crippen LogP) is 1.47. The minimum atomic E-state index is -0.0158. The van der Waals surface area contributed by atoms with Crippen molar-refractivity contribution >= 4 is 11.8 Å². The van der Waals surface area contributed by atoms with E-state index in [4.69, 9.17) is 9.47 Å². The molecule has 0 radical (unpaired) electrons. The van der Waals surface area contributed by atoms with Gasteiger partial charge in [0.25, 0.3) is 5.91 Å². The van der Waals surface area contributed by atoms with Gasteiger partial charge in [-0.15, -0.1) is 0 Å². The van der Waals surface area contributed by atoms with Crippen LogP contribution in [0.3, 0.4) is 0 Å². The summed E-state index contributed by atoms with van der Waals surface area (Å²) in [7, 11) is 3.13. The first kappa shape index (κ1) is 19.5. The van der Waals surface area contributed by atoms with Crippen LogP contribution >= 0.6 is 0 Å². The summed E-state index contributed by atoms with van der Waals surface area (Å²) in [6.07, 6.45) is 3.44. The number of hydrogen-bond donors (Lipinski definition) is 0. The van der Waals surface area contributed by atoms with E-state index in [2.05, 4.69) is 4.90 Å². The molecule has 27 heavy (non-hydrogen) atoms. The number of piperazine rings is 1. The van der Waals surface area contributed by atoms with E-state index >= 15 is 0 Å². The van der Waals surface area contributed by atoms with Crippen LogP contribution in [0.4, 0.5) is 0 Å². The topological polar surface area (TPSA) is 62.3 Å². The van der Waals surface area contributed by atoms with Crippen molar-refractivity contribution in [2.24, 2.45) is 0 Å². The molecule has 148 valence electrons. The first-order chi connectivity index (χ1) is 13.1. The molecule has 0 aliphatic carbocycles. The predicted molar refractivity (Wildman–Crippen MR) is 102 cm³/mol. The van der Waals surface area contributed by atoms with Gasteiger partial charge in [0.15, 0.2) is 11.5 Å². The third-order valence-electron chi connectivity index (χ3n) is 5.36. The fraction of sp³-hybridized carbons (Fsp3) is 0.600. The Kier molecular flexibility index (Phi) is 6.55. The molecule has 3 rings (SSSR count). The summed E-state index contributed by atoms with van der Waals surface area (Å²) in [5.41, 5.74) is 0.588. The second-order valence-electron chi connectivity index (χ2n) is 7.08. The monoisotopic (exact) mass is 375 g/mol. The van der Waals surface area contributed by atoms with Gasteiger partial charge >= 0.3 is 0 Å². The molecular formula is C20H29N3O4. The lowest BCUT2D eigenvalue weighted by molar-refractivity contribution is -0.133. The van der Waals surface area contributed by atoms with Crippen molar-refractivity contribution < 1.29 is 19.1 Å². The molecule has 1 aromatic rings. The van der Waals surface area contributed by atoms with Crippen LogP contribution in [-0.4, -0.2) is 86.5 Å². The minimum Gasteiger partial charge on any atom is -0.493 e. The van der Waals surface area contributed by atoms with Gasteiger partial charge in [0.1, 0.15) is 0 Å². The number of ether oxygens (including phenoxy) is 2. The summed E-state index contributed by atoms with van der Waals surface area (Å²) in [4.78, 5) is 31.2. The molecule has 0 atom stereocenters. The zero-order valence-electron chi connectivity index (χ0n) is 16.3. The second-order valence-corrected chi connectivity index (χ2v) is 7.08. The van der Waals surface area contributed by atoms with Crippen LogP contribution in [0.15, 0.2) is 18.2 Å². The van der Waals surface area contributed by atoms with Crippen molar-refractivity contribution in [2.45, 2.75) is 19.3 Å². The van der Waals surface area contributed by atoms with Crippen LogP contribution in [0, 0.1) is 0 Å². The third kappa shape index (κ3) is 4.71. The van der Waals surface area contributed by atoms with Gasteiger partial charge in [-0.05, 0) is 37.5 Å². The van der Waals surface area contributed by atoms with E-state index in [0.717, 1.165) is 39.0 Å². The van der Waals surface area contributed by atoms with Crippen molar-refractivity contribution in [1.29, 1.82) is 0 Å². The largest absolute Gasteiger partial charge is 0.493 e. The normalized spacial score (nSPS) is 18.3. The Morgan fingerprint density at radius 3 is 2.15 bits per heavy atom. The van der Waals surface area contributed by atoms with Crippen molar-refractivity contribution in [1.82, 2.24) is 14.7 Å². The van der Waals surface area contributed by atoms with Gasteiger partial charge in [-0.3, -0.25) is 14.5 Å². The highest BCUT2D eigenvalue weighted by molar-refractivity contribution is 5.95. The first-order valence-corrected chi connectivity index (χ1v) is 9.64. The maximum absolute atomic E-state index is 12.8. The Hall–Kier alpha value is -2.28. The van der Waals surface area contributed by atoms with Crippen molar-refractivity contribution in [2.75, 3.05) is 60.0 Å². The van der Waals surface area contributed by atoms with E-state index in [-0.39, 0.29) is 11.8 Å². The number of carbonyl (C=O) groups is 2. The number of amides is 2. The van der Waals surface area contributed by atoms with E-state index < -0.39 is 0 Å². The molecule has 2 heterocycles. The molecule has 2 saturated heterocycles. The van der Waals surface area contributed by atoms with Crippen LogP contribution in [0.2, 0.25) is 0 Å². The third-order valence-corrected chi connectivity index (χ3v) is 5.36. The highest BCUT2D eigenvalue weighted by Gasteiger charge is 2.25. The number of carbonyl (C=O) groups excluding carboxylic acids is 2. The molecule has 2 fully saturated rings. The van der Waals surface area contributed by atoms with Gasteiger partial charge in [0.2, 0.25) is 5.91 Å². The van der Waals surface area contributed by atoms with Gasteiger partial charge in [0.05, 0.1) is 20.8 Å². The number of benzene rings is 1. The number of nitrogens with zero attached hydrogens (tertiary/aromatic N) is 3. The van der Waals surface area contributed by atoms with E-state index in [1.54, 1.807) is 32.4 Å². The van der Waals surface area contributed by atoms with Crippen LogP contribution in [0.1, 0.15) is 29.6 Å². The van der Waals surface area contributed by atoms with Crippen LogP contribution in [0.5, 0.6) is 11.5 Å². The van der Waals surface area contributed by atoms with Gasteiger partial charge in [-0.1, -0.05) is 0 Å². The number of likely N-dealkylation sites (tertiary alicyclic amines) is 1. The summed E-state index contributed by atoms with van der Waals surface area (Å²) < 4.78 is 10.5. The quantitative estimate of drug-likeness (QED) is 0.780. The van der Waals surface area contributed by atoms with Gasteiger partial charge < -0.3 is 19.3 Å². The fourth-order valence-electron chi connectivity index (χ4n) is 3.70. The zero-order valence-corrected chi connectivity index (χ0v) is 16.3. The molecule has 2 aliphatic heterocycles. The van der Waals surface area contributed by atoms with Crippen molar-refractivity contribution in [3.8, 4) is 11.5 Å². The lowest BCUT2D eigenvalue weighted by atomic mass is 10.1. The van der Waals surface area contributed by atoms with Gasteiger partial charge in [0, 0.05) is 44.8 Å². The molecule has 7 heteroatoms. The Bertz CT molecular complexity index is 665. The van der Waals surface area contributed by atoms with E-state index in [9.17, 15) is 9.59 Å². The minimum absolute atomic E-state index is 0.0158. The van der Waals surface area contributed by atoms with Crippen molar-refractivity contribution in [3.63, 3.8) is 0 Å². The fourth-order valence-corrected chi connectivity index (χ4v) is 3.70. The van der Waals surface area contributed by atoms with E-state index in [1.807, 2.05) is 9.80 Å². The lowest BCUT2D eigenvalue weighted by Crippen LogP contribution is -2.52. The number of hydrogen-bond acceptors (Lipinski definition) is 5. The highest BCUT2D eigenvalue weighted by atomic mass is 16.5. The molecule has 1 aromatic carbocycles. The summed E-state index contributed by atoms with van der Waals surface area (Å²) in [5, 5.41) is 0. The maximum Gasteiger partial charge on any atom is 0.254 e. The molecule has 7 nitrogen and oxygen atoms in total. The summed E-state index contributed by atoms with van der Waals surface area (Å²) in [6, 6.07) is 5.23. The Labute approximate surface area is 160 Å². The van der Waals surface area contributed by atoms with Crippen LogP contribution in [0.25, 0.3) is 0 Å². The molecule has 0 saturated carbocycles. The van der Waals surface area contributed by atoms with E-state index in [1.165, 1.54) is 6.42 Å².